The van der Waals surface area contributed by atoms with Gasteiger partial charge in [0.05, 0.1) is 22.5 Å². The maximum absolute atomic E-state index is 2.47. The van der Waals surface area contributed by atoms with Gasteiger partial charge in [-0.15, -0.1) is 0 Å². The molecule has 1 spiro atoms. The van der Waals surface area contributed by atoms with Crippen LogP contribution in [0.5, 0.6) is 0 Å². The Morgan fingerprint density at radius 3 is 1.64 bits per heavy atom. The van der Waals surface area contributed by atoms with E-state index in [-0.39, 0.29) is 0 Å². The van der Waals surface area contributed by atoms with E-state index < -0.39 is 5.41 Å². The normalized spacial score (nSPS) is 13.2. The van der Waals surface area contributed by atoms with E-state index in [0.29, 0.717) is 0 Å². The number of fused-ring (bicyclic) bond motifs is 10. The van der Waals surface area contributed by atoms with Crippen LogP contribution in [0.1, 0.15) is 22.3 Å². The fourth-order valence-corrected chi connectivity index (χ4v) is 9.35. The Morgan fingerprint density at radius 1 is 0.364 bits per heavy atom. The van der Waals surface area contributed by atoms with Gasteiger partial charge >= 0.3 is 0 Å². The minimum atomic E-state index is -0.535. The summed E-state index contributed by atoms with van der Waals surface area (Å²) in [5.74, 6) is 0. The minimum absolute atomic E-state index is 0.535. The lowest BCUT2D eigenvalue weighted by Crippen LogP contribution is -2.36. The molecule has 9 aromatic carbocycles. The van der Waals surface area contributed by atoms with E-state index in [1.807, 2.05) is 0 Å². The van der Waals surface area contributed by atoms with Gasteiger partial charge in [0.25, 0.3) is 0 Å². The summed E-state index contributed by atoms with van der Waals surface area (Å²) in [5, 5.41) is 2.44. The van der Waals surface area contributed by atoms with Crippen LogP contribution in [-0.2, 0) is 5.41 Å². The Labute approximate surface area is 321 Å². The molecule has 0 aromatic heterocycles. The lowest BCUT2D eigenvalue weighted by Gasteiger charge is -2.45. The van der Waals surface area contributed by atoms with E-state index >= 15 is 0 Å². The standard InChI is InChI=1S/C53H36N2/c1-3-16-37(17-4-1)39-30-33-42(34-31-39)54(43-35-32-38-18-7-8-19-40(38)36-43)51-29-15-26-48-52(51)44-22-9-10-23-45(44)53(48)46-24-11-13-27-49(46)55(41-20-5-2-6-21-41)50-28-14-12-25-47(50)53/h1-36H. The van der Waals surface area contributed by atoms with Gasteiger partial charge in [0.2, 0.25) is 0 Å². The number of para-hydroxylation sites is 3. The first kappa shape index (κ1) is 31.4. The average molecular weight is 701 g/mol. The zero-order valence-corrected chi connectivity index (χ0v) is 30.2. The Kier molecular flexibility index (Phi) is 7.11. The van der Waals surface area contributed by atoms with E-state index in [0.717, 1.165) is 22.7 Å². The molecule has 2 nitrogen and oxygen atoms in total. The van der Waals surface area contributed by atoms with Crippen molar-refractivity contribution in [3.8, 4) is 22.3 Å². The molecule has 0 N–H and O–H groups in total. The van der Waals surface area contributed by atoms with E-state index in [1.54, 1.807) is 0 Å². The van der Waals surface area contributed by atoms with Crippen LogP contribution in [0.15, 0.2) is 218 Å². The zero-order valence-electron chi connectivity index (χ0n) is 30.2. The van der Waals surface area contributed by atoms with Crippen molar-refractivity contribution in [1.29, 1.82) is 0 Å². The largest absolute Gasteiger partial charge is 0.310 e. The molecule has 0 fully saturated rings. The summed E-state index contributed by atoms with van der Waals surface area (Å²) in [7, 11) is 0. The topological polar surface area (TPSA) is 6.48 Å². The summed E-state index contributed by atoms with van der Waals surface area (Å²) < 4.78 is 0. The predicted molar refractivity (Wildman–Crippen MR) is 230 cm³/mol. The number of anilines is 6. The summed E-state index contributed by atoms with van der Waals surface area (Å²) in [5.41, 5.74) is 16.5. The molecule has 2 heteroatoms. The smallest absolute Gasteiger partial charge is 0.0755 e. The number of benzene rings is 9. The SMILES string of the molecule is c1ccc(-c2ccc(N(c3ccc4ccccc4c3)c3cccc4c3-c3ccccc3C43c4ccccc4N(c4ccccc4)c4ccccc43)cc2)cc1. The van der Waals surface area contributed by atoms with Crippen LogP contribution >= 0.6 is 0 Å². The molecule has 258 valence electrons. The van der Waals surface area contributed by atoms with Gasteiger partial charge in [0.15, 0.2) is 0 Å². The molecular formula is C53H36N2. The van der Waals surface area contributed by atoms with Crippen LogP contribution in [0.4, 0.5) is 34.1 Å². The maximum Gasteiger partial charge on any atom is 0.0755 e. The molecule has 0 saturated carbocycles. The Morgan fingerprint density at radius 2 is 0.909 bits per heavy atom. The summed E-state index contributed by atoms with van der Waals surface area (Å²) in [4.78, 5) is 4.91. The van der Waals surface area contributed by atoms with Crippen molar-refractivity contribution in [3.05, 3.63) is 241 Å². The molecule has 1 aliphatic carbocycles. The average Bonchev–Trinajstić information content (AvgIpc) is 3.56. The van der Waals surface area contributed by atoms with Crippen molar-refractivity contribution >= 4 is 44.9 Å². The molecule has 1 heterocycles. The molecule has 0 saturated heterocycles. The Bertz CT molecular complexity index is 2830. The van der Waals surface area contributed by atoms with E-state index in [1.165, 1.54) is 66.7 Å². The molecule has 55 heavy (non-hydrogen) atoms. The third-order valence-corrected chi connectivity index (χ3v) is 11.6. The van der Waals surface area contributed by atoms with Gasteiger partial charge in [-0.1, -0.05) is 164 Å². The van der Waals surface area contributed by atoms with Gasteiger partial charge in [-0.2, -0.15) is 0 Å². The number of nitrogens with zero attached hydrogens (tertiary/aromatic N) is 2. The van der Waals surface area contributed by atoms with E-state index in [2.05, 4.69) is 228 Å². The first-order chi connectivity index (χ1) is 27.3. The zero-order chi connectivity index (χ0) is 36.3. The molecule has 0 amide bonds. The lowest BCUT2D eigenvalue weighted by atomic mass is 9.64. The lowest BCUT2D eigenvalue weighted by molar-refractivity contribution is 0.752. The van der Waals surface area contributed by atoms with Crippen LogP contribution in [0.25, 0.3) is 33.0 Å². The highest BCUT2D eigenvalue weighted by molar-refractivity contribution is 6.02. The van der Waals surface area contributed by atoms with Gasteiger partial charge in [-0.25, -0.2) is 0 Å². The fraction of sp³-hybridized carbons (Fsp3) is 0.0189. The van der Waals surface area contributed by atoms with Gasteiger partial charge in [0, 0.05) is 22.6 Å². The van der Waals surface area contributed by atoms with Gasteiger partial charge in [-0.3, -0.25) is 0 Å². The first-order valence-corrected chi connectivity index (χ1v) is 19.0. The maximum atomic E-state index is 2.47. The third kappa shape index (κ3) is 4.68. The highest BCUT2D eigenvalue weighted by atomic mass is 15.2. The van der Waals surface area contributed by atoms with Crippen molar-refractivity contribution in [2.45, 2.75) is 5.41 Å². The van der Waals surface area contributed by atoms with Crippen LogP contribution in [-0.4, -0.2) is 0 Å². The van der Waals surface area contributed by atoms with Gasteiger partial charge in [-0.05, 0) is 104 Å². The summed E-state index contributed by atoms with van der Waals surface area (Å²) >= 11 is 0. The third-order valence-electron chi connectivity index (χ3n) is 11.6. The molecule has 1 aliphatic heterocycles. The van der Waals surface area contributed by atoms with Crippen molar-refractivity contribution in [1.82, 2.24) is 0 Å². The van der Waals surface area contributed by atoms with E-state index in [9.17, 15) is 0 Å². The molecule has 0 bridgehead atoms. The quantitative estimate of drug-likeness (QED) is 0.176. The predicted octanol–water partition coefficient (Wildman–Crippen LogP) is 14.1. The highest BCUT2D eigenvalue weighted by Crippen LogP contribution is 2.65. The van der Waals surface area contributed by atoms with Crippen LogP contribution in [0.3, 0.4) is 0 Å². The second-order valence-electron chi connectivity index (χ2n) is 14.5. The number of rotatable bonds is 5. The van der Waals surface area contributed by atoms with Crippen LogP contribution in [0, 0.1) is 0 Å². The molecular weight excluding hydrogens is 665 g/mol. The second kappa shape index (κ2) is 12.5. The fourth-order valence-electron chi connectivity index (χ4n) is 9.35. The Hall–Kier alpha value is -7.16. The summed E-state index contributed by atoms with van der Waals surface area (Å²) in [6.07, 6.45) is 0. The van der Waals surface area contributed by atoms with Crippen LogP contribution < -0.4 is 9.80 Å². The molecule has 0 radical (unpaired) electrons. The van der Waals surface area contributed by atoms with Crippen LogP contribution in [0.2, 0.25) is 0 Å². The number of hydrogen-bond acceptors (Lipinski definition) is 2. The van der Waals surface area contributed by atoms with Crippen molar-refractivity contribution in [3.63, 3.8) is 0 Å². The first-order valence-electron chi connectivity index (χ1n) is 19.0. The highest BCUT2D eigenvalue weighted by Gasteiger charge is 2.52. The summed E-state index contributed by atoms with van der Waals surface area (Å²) in [6, 6.07) is 80.1. The van der Waals surface area contributed by atoms with Gasteiger partial charge in [0.1, 0.15) is 0 Å². The molecule has 0 atom stereocenters. The molecule has 2 aliphatic rings. The molecule has 11 rings (SSSR count). The summed E-state index contributed by atoms with van der Waals surface area (Å²) in [6.45, 7) is 0. The Balaban J connectivity index is 1.20. The minimum Gasteiger partial charge on any atom is -0.310 e. The molecule has 9 aromatic rings. The monoisotopic (exact) mass is 700 g/mol. The van der Waals surface area contributed by atoms with Crippen molar-refractivity contribution in [2.24, 2.45) is 0 Å². The van der Waals surface area contributed by atoms with Crippen molar-refractivity contribution < 1.29 is 0 Å². The number of hydrogen-bond donors (Lipinski definition) is 0. The van der Waals surface area contributed by atoms with Gasteiger partial charge < -0.3 is 9.80 Å². The second-order valence-corrected chi connectivity index (χ2v) is 14.5. The van der Waals surface area contributed by atoms with E-state index in [4.69, 9.17) is 0 Å². The molecule has 0 unspecified atom stereocenters. The van der Waals surface area contributed by atoms with Crippen molar-refractivity contribution in [2.75, 3.05) is 9.80 Å².